The summed E-state index contributed by atoms with van der Waals surface area (Å²) in [5.41, 5.74) is 4.22. The number of carbonyl (C=O) groups excluding carboxylic acids is 2. The molecule has 2 amide bonds. The molecule has 0 saturated heterocycles. The molecule has 0 unspecified atom stereocenters. The van der Waals surface area contributed by atoms with E-state index in [9.17, 15) is 18.0 Å². The zero-order valence-electron chi connectivity index (χ0n) is 24.2. The fourth-order valence-corrected chi connectivity index (χ4v) is 5.95. The zero-order chi connectivity index (χ0) is 29.3. The minimum Gasteiger partial charge on any atom is -0.354 e. The highest BCUT2D eigenvalue weighted by Gasteiger charge is 2.33. The SMILES string of the molecule is CCCCNC(=O)[C@H](CC)N(Cc1ccccc1C)C(=O)CN(c1ccc(C)c(C)c1)S(=O)(=O)c1ccccc1. The van der Waals surface area contributed by atoms with Gasteiger partial charge in [-0.25, -0.2) is 8.42 Å². The molecule has 0 bridgehead atoms. The molecule has 8 heteroatoms. The smallest absolute Gasteiger partial charge is 0.264 e. The van der Waals surface area contributed by atoms with Crippen molar-refractivity contribution in [3.05, 3.63) is 95.1 Å². The third-order valence-electron chi connectivity index (χ3n) is 7.21. The molecular formula is C32H41N3O4S. The number of nitrogens with zero attached hydrogens (tertiary/aromatic N) is 2. The van der Waals surface area contributed by atoms with E-state index in [1.54, 1.807) is 30.3 Å². The van der Waals surface area contributed by atoms with Gasteiger partial charge < -0.3 is 10.2 Å². The standard InChI is InChI=1S/C32H41N3O4S/c1-6-8-20-33-32(37)30(7-2)34(22-27-15-13-12-14-25(27)4)31(36)23-35(28-19-18-24(3)26(5)21-28)40(38,39)29-16-10-9-11-17-29/h9-19,21,30H,6-8,20,22-23H2,1-5H3,(H,33,37)/t30-/m0/s1. The van der Waals surface area contributed by atoms with Crippen LogP contribution in [0.1, 0.15) is 55.4 Å². The van der Waals surface area contributed by atoms with Crippen LogP contribution in [0.5, 0.6) is 0 Å². The second-order valence-corrected chi connectivity index (χ2v) is 12.0. The van der Waals surface area contributed by atoms with Crippen molar-refractivity contribution in [2.45, 2.75) is 71.4 Å². The predicted molar refractivity (Wildman–Crippen MR) is 161 cm³/mol. The molecule has 0 heterocycles. The van der Waals surface area contributed by atoms with Crippen molar-refractivity contribution in [3.63, 3.8) is 0 Å². The molecule has 7 nitrogen and oxygen atoms in total. The van der Waals surface area contributed by atoms with E-state index in [0.29, 0.717) is 18.7 Å². The van der Waals surface area contributed by atoms with Crippen LogP contribution in [0.15, 0.2) is 77.7 Å². The van der Waals surface area contributed by atoms with E-state index in [1.807, 2.05) is 65.0 Å². The Hall–Kier alpha value is -3.65. The summed E-state index contributed by atoms with van der Waals surface area (Å²) >= 11 is 0. The first-order chi connectivity index (χ1) is 19.1. The Morgan fingerprint density at radius 2 is 1.52 bits per heavy atom. The first-order valence-electron chi connectivity index (χ1n) is 13.9. The van der Waals surface area contributed by atoms with Crippen LogP contribution in [-0.4, -0.2) is 44.3 Å². The molecule has 0 spiro atoms. The second kappa shape index (κ2) is 14.1. The van der Waals surface area contributed by atoms with E-state index in [4.69, 9.17) is 0 Å². The largest absolute Gasteiger partial charge is 0.354 e. The van der Waals surface area contributed by atoms with Crippen molar-refractivity contribution in [1.82, 2.24) is 10.2 Å². The number of hydrogen-bond donors (Lipinski definition) is 1. The number of benzene rings is 3. The lowest BCUT2D eigenvalue weighted by atomic mass is 10.1. The highest BCUT2D eigenvalue weighted by molar-refractivity contribution is 7.92. The zero-order valence-corrected chi connectivity index (χ0v) is 25.0. The van der Waals surface area contributed by atoms with Crippen molar-refractivity contribution in [2.24, 2.45) is 0 Å². The summed E-state index contributed by atoms with van der Waals surface area (Å²) in [5, 5.41) is 2.96. The topological polar surface area (TPSA) is 86.8 Å². The fraction of sp³-hybridized carbons (Fsp3) is 0.375. The van der Waals surface area contributed by atoms with Crippen molar-refractivity contribution in [2.75, 3.05) is 17.4 Å². The van der Waals surface area contributed by atoms with Crippen LogP contribution in [0.25, 0.3) is 0 Å². The summed E-state index contributed by atoms with van der Waals surface area (Å²) < 4.78 is 29.0. The number of carbonyl (C=O) groups is 2. The van der Waals surface area contributed by atoms with E-state index < -0.39 is 28.5 Å². The van der Waals surface area contributed by atoms with Gasteiger partial charge in [0.1, 0.15) is 12.6 Å². The van der Waals surface area contributed by atoms with Gasteiger partial charge in [0.25, 0.3) is 10.0 Å². The Morgan fingerprint density at radius 1 is 0.850 bits per heavy atom. The Bertz CT molecular complexity index is 1410. The maximum Gasteiger partial charge on any atom is 0.264 e. The van der Waals surface area contributed by atoms with Crippen molar-refractivity contribution in [3.8, 4) is 0 Å². The molecule has 3 aromatic carbocycles. The van der Waals surface area contributed by atoms with Gasteiger partial charge in [0, 0.05) is 13.1 Å². The van der Waals surface area contributed by atoms with E-state index >= 15 is 0 Å². The van der Waals surface area contributed by atoms with Crippen LogP contribution in [0.4, 0.5) is 5.69 Å². The average Bonchev–Trinajstić information content (AvgIpc) is 2.94. The number of anilines is 1. The first kappa shape index (κ1) is 30.9. The van der Waals surface area contributed by atoms with Gasteiger partial charge in [-0.1, -0.05) is 68.8 Å². The summed E-state index contributed by atoms with van der Waals surface area (Å²) in [6.07, 6.45) is 2.17. The lowest BCUT2D eigenvalue weighted by molar-refractivity contribution is -0.140. The molecule has 214 valence electrons. The Kier molecular flexibility index (Phi) is 10.9. The summed E-state index contributed by atoms with van der Waals surface area (Å²) in [7, 11) is -4.08. The molecule has 0 aromatic heterocycles. The maximum absolute atomic E-state index is 14.1. The van der Waals surface area contributed by atoms with Gasteiger partial charge in [-0.15, -0.1) is 0 Å². The average molecular weight is 564 g/mol. The molecule has 1 atom stereocenters. The maximum atomic E-state index is 14.1. The molecule has 3 aromatic rings. The number of aryl methyl sites for hydroxylation is 3. The van der Waals surface area contributed by atoms with Crippen LogP contribution in [-0.2, 0) is 26.2 Å². The van der Waals surface area contributed by atoms with E-state index in [2.05, 4.69) is 5.32 Å². The normalized spacial score (nSPS) is 12.0. The van der Waals surface area contributed by atoms with Gasteiger partial charge in [-0.3, -0.25) is 13.9 Å². The first-order valence-corrected chi connectivity index (χ1v) is 15.3. The monoisotopic (exact) mass is 563 g/mol. The van der Waals surface area contributed by atoms with Crippen LogP contribution in [0.3, 0.4) is 0 Å². The van der Waals surface area contributed by atoms with Gasteiger partial charge in [0.05, 0.1) is 10.6 Å². The number of hydrogen-bond acceptors (Lipinski definition) is 4. The predicted octanol–water partition coefficient (Wildman–Crippen LogP) is 5.53. The molecule has 0 fully saturated rings. The van der Waals surface area contributed by atoms with Gasteiger partial charge >= 0.3 is 0 Å². The minimum absolute atomic E-state index is 0.0934. The quantitative estimate of drug-likeness (QED) is 0.277. The van der Waals surface area contributed by atoms with Crippen molar-refractivity contribution < 1.29 is 18.0 Å². The minimum atomic E-state index is -4.08. The Balaban J connectivity index is 2.06. The molecule has 3 rings (SSSR count). The molecule has 40 heavy (non-hydrogen) atoms. The molecule has 0 aliphatic carbocycles. The number of rotatable bonds is 13. The molecule has 0 aliphatic rings. The fourth-order valence-electron chi connectivity index (χ4n) is 4.53. The van der Waals surface area contributed by atoms with Gasteiger partial charge in [-0.2, -0.15) is 0 Å². The van der Waals surface area contributed by atoms with Gasteiger partial charge in [0.2, 0.25) is 11.8 Å². The Labute approximate surface area is 239 Å². The molecule has 0 saturated carbocycles. The van der Waals surface area contributed by atoms with Crippen LogP contribution >= 0.6 is 0 Å². The van der Waals surface area contributed by atoms with E-state index in [1.165, 1.54) is 17.0 Å². The Morgan fingerprint density at radius 3 is 2.15 bits per heavy atom. The number of nitrogens with one attached hydrogen (secondary N) is 1. The van der Waals surface area contributed by atoms with Crippen LogP contribution in [0, 0.1) is 20.8 Å². The lowest BCUT2D eigenvalue weighted by Gasteiger charge is -2.33. The molecule has 1 N–H and O–H groups in total. The van der Waals surface area contributed by atoms with Crippen molar-refractivity contribution in [1.29, 1.82) is 0 Å². The van der Waals surface area contributed by atoms with E-state index in [0.717, 1.165) is 39.4 Å². The van der Waals surface area contributed by atoms with E-state index in [-0.39, 0.29) is 17.3 Å². The molecule has 0 aliphatic heterocycles. The number of sulfonamides is 1. The highest BCUT2D eigenvalue weighted by atomic mass is 32.2. The third kappa shape index (κ3) is 7.50. The van der Waals surface area contributed by atoms with Gasteiger partial charge in [0.15, 0.2) is 0 Å². The highest BCUT2D eigenvalue weighted by Crippen LogP contribution is 2.27. The summed E-state index contributed by atoms with van der Waals surface area (Å²) in [4.78, 5) is 29.1. The molecule has 0 radical (unpaired) electrons. The summed E-state index contributed by atoms with van der Waals surface area (Å²) in [5.74, 6) is -0.681. The van der Waals surface area contributed by atoms with Crippen LogP contribution in [0.2, 0.25) is 0 Å². The number of unbranched alkanes of at least 4 members (excludes halogenated alkanes) is 1. The van der Waals surface area contributed by atoms with Crippen molar-refractivity contribution >= 4 is 27.5 Å². The summed E-state index contributed by atoms with van der Waals surface area (Å²) in [6.45, 7) is 10.0. The number of amides is 2. The lowest BCUT2D eigenvalue weighted by Crippen LogP contribution is -2.52. The molecular weight excluding hydrogens is 522 g/mol. The van der Waals surface area contributed by atoms with Gasteiger partial charge in [-0.05, 0) is 80.1 Å². The third-order valence-corrected chi connectivity index (χ3v) is 8.99. The van der Waals surface area contributed by atoms with Crippen LogP contribution < -0.4 is 9.62 Å². The summed E-state index contributed by atoms with van der Waals surface area (Å²) in [6, 6.07) is 20.4. The second-order valence-electron chi connectivity index (χ2n) is 10.1.